The number of hydrogen-bond donors (Lipinski definition) is 3. The van der Waals surface area contributed by atoms with Gasteiger partial charge in [0, 0.05) is 44.9 Å². The summed E-state index contributed by atoms with van der Waals surface area (Å²) in [7, 11) is 2.66. The Labute approximate surface area is 336 Å². The molecule has 0 radical (unpaired) electrons. The molecular weight excluding hydrogens is 760 g/mol. The van der Waals surface area contributed by atoms with Crippen molar-refractivity contribution in [2.45, 2.75) is 111 Å². The van der Waals surface area contributed by atoms with E-state index in [4.69, 9.17) is 28.1 Å². The predicted octanol–water partition coefficient (Wildman–Crippen LogP) is 6.64. The van der Waals surface area contributed by atoms with Crippen LogP contribution in [0.25, 0.3) is 21.7 Å². The molecule has 1 aromatic heterocycles. The number of carboxylic acids is 1. The van der Waals surface area contributed by atoms with Crippen molar-refractivity contribution in [3.63, 3.8) is 0 Å². The molecule has 3 N–H and O–H groups in total. The SMILES string of the molecule is CC(=O)c1cc2c(OC(=O)NCCC(C(=O)OC(C)(C)C)N(C)C(=O)OC(C)(C)C)c3ccccc3c(OC(=O)NCCC(C(=O)O)N(C)C(=O)OC(C)(C)C)c2o1. The lowest BCUT2D eigenvalue weighted by molar-refractivity contribution is -0.161. The van der Waals surface area contributed by atoms with Gasteiger partial charge in [0.05, 0.1) is 5.39 Å². The van der Waals surface area contributed by atoms with Crippen LogP contribution in [0, 0.1) is 0 Å². The molecule has 1 heterocycles. The molecule has 18 nitrogen and oxygen atoms in total. The number of esters is 1. The summed E-state index contributed by atoms with van der Waals surface area (Å²) in [6.07, 6.45) is -3.89. The summed E-state index contributed by atoms with van der Waals surface area (Å²) >= 11 is 0. The second kappa shape index (κ2) is 18.5. The summed E-state index contributed by atoms with van der Waals surface area (Å²) in [6, 6.07) is 5.25. The van der Waals surface area contributed by atoms with Crippen molar-refractivity contribution in [3.05, 3.63) is 36.1 Å². The van der Waals surface area contributed by atoms with E-state index >= 15 is 0 Å². The van der Waals surface area contributed by atoms with E-state index in [1.165, 1.54) is 27.1 Å². The molecule has 0 aliphatic rings. The van der Waals surface area contributed by atoms with Crippen molar-refractivity contribution in [2.75, 3.05) is 27.2 Å². The largest absolute Gasteiger partial charge is 0.480 e. The fourth-order valence-electron chi connectivity index (χ4n) is 5.38. The molecule has 4 amide bonds. The smallest absolute Gasteiger partial charge is 0.412 e. The Kier molecular flexibility index (Phi) is 14.7. The Morgan fingerprint density at radius 2 is 1.10 bits per heavy atom. The Hall–Kier alpha value is -6.07. The minimum atomic E-state index is -1.34. The highest BCUT2D eigenvalue weighted by molar-refractivity contribution is 6.12. The van der Waals surface area contributed by atoms with E-state index in [2.05, 4.69) is 10.6 Å². The third-order valence-corrected chi connectivity index (χ3v) is 7.97. The highest BCUT2D eigenvalue weighted by atomic mass is 16.6. The van der Waals surface area contributed by atoms with Gasteiger partial charge in [-0.1, -0.05) is 24.3 Å². The molecule has 0 spiro atoms. The van der Waals surface area contributed by atoms with Gasteiger partial charge in [-0.05, 0) is 81.2 Å². The van der Waals surface area contributed by atoms with Crippen LogP contribution in [0.5, 0.6) is 11.5 Å². The number of nitrogens with one attached hydrogen (secondary N) is 2. The average Bonchev–Trinajstić information content (AvgIpc) is 3.53. The molecule has 0 saturated carbocycles. The second-order valence-electron chi connectivity index (χ2n) is 16.4. The molecule has 58 heavy (non-hydrogen) atoms. The molecule has 3 aromatic rings. The maximum Gasteiger partial charge on any atom is 0.412 e. The van der Waals surface area contributed by atoms with Gasteiger partial charge in [0.15, 0.2) is 28.6 Å². The van der Waals surface area contributed by atoms with Crippen molar-refractivity contribution < 1.29 is 66.8 Å². The molecule has 0 aliphatic carbocycles. The number of hydrogen-bond acceptors (Lipinski definition) is 13. The van der Waals surface area contributed by atoms with Crippen molar-refractivity contribution >= 4 is 63.8 Å². The first-order valence-electron chi connectivity index (χ1n) is 18.5. The van der Waals surface area contributed by atoms with Gasteiger partial charge in [-0.2, -0.15) is 0 Å². The highest BCUT2D eigenvalue weighted by Crippen LogP contribution is 2.44. The molecule has 2 atom stereocenters. The first-order valence-corrected chi connectivity index (χ1v) is 18.5. The number of carboxylic acid groups (broad SMARTS) is 1. The lowest BCUT2D eigenvalue weighted by Gasteiger charge is -2.31. The number of furan rings is 1. The maximum absolute atomic E-state index is 13.3. The number of nitrogens with zero attached hydrogens (tertiary/aromatic N) is 2. The van der Waals surface area contributed by atoms with Crippen LogP contribution in [-0.4, -0.2) is 113 Å². The molecular formula is C40H54N4O14. The molecule has 2 aromatic carbocycles. The number of carbonyl (C=O) groups is 7. The fraction of sp³-hybridized carbons (Fsp3) is 0.525. The summed E-state index contributed by atoms with van der Waals surface area (Å²) in [5.74, 6) is -2.83. The monoisotopic (exact) mass is 814 g/mol. The van der Waals surface area contributed by atoms with E-state index in [0.29, 0.717) is 0 Å². The van der Waals surface area contributed by atoms with Gasteiger partial charge < -0.3 is 43.8 Å². The number of rotatable bonds is 13. The van der Waals surface area contributed by atoms with Gasteiger partial charge >= 0.3 is 36.3 Å². The zero-order valence-corrected chi connectivity index (χ0v) is 35.0. The number of likely N-dealkylation sites (N-methyl/N-ethyl adjacent to an activating group) is 2. The maximum atomic E-state index is 13.3. The molecule has 18 heteroatoms. The number of benzene rings is 2. The summed E-state index contributed by atoms with van der Waals surface area (Å²) in [4.78, 5) is 91.4. The van der Waals surface area contributed by atoms with Crippen LogP contribution in [0.2, 0.25) is 0 Å². The lowest BCUT2D eigenvalue weighted by Crippen LogP contribution is -2.48. The molecule has 0 bridgehead atoms. The van der Waals surface area contributed by atoms with Crippen LogP contribution in [-0.2, 0) is 23.8 Å². The van der Waals surface area contributed by atoms with Gasteiger partial charge in [-0.25, -0.2) is 28.8 Å². The standard InChI is InChI=1S/C40H54N4O14/c1-22(45)28-21-25-29(54-34(49)42-20-18-27(33(48)56-38(2,3)4)44(12)37(52)58-40(8,9)10)23-15-13-14-16-24(23)30(31(25)53-28)55-35(50)41-19-17-26(32(46)47)43(11)36(51)57-39(5,6)7/h13-16,21,26-27H,17-20H2,1-12H3,(H,41,50)(H,42,49)(H,46,47). The van der Waals surface area contributed by atoms with Gasteiger partial charge in [0.2, 0.25) is 0 Å². The van der Waals surface area contributed by atoms with Crippen LogP contribution in [0.3, 0.4) is 0 Å². The van der Waals surface area contributed by atoms with Gasteiger partial charge in [0.25, 0.3) is 0 Å². The normalized spacial score (nSPS) is 12.8. The second-order valence-corrected chi connectivity index (χ2v) is 16.4. The van der Waals surface area contributed by atoms with E-state index in [-0.39, 0.29) is 64.9 Å². The Morgan fingerprint density at radius 3 is 1.55 bits per heavy atom. The average molecular weight is 815 g/mol. The molecule has 3 rings (SSSR count). The topological polar surface area (TPSA) is 230 Å². The Bertz CT molecular complexity index is 2040. The summed E-state index contributed by atoms with van der Waals surface area (Å²) in [5.41, 5.74) is -2.68. The van der Waals surface area contributed by atoms with Crippen LogP contribution >= 0.6 is 0 Å². The lowest BCUT2D eigenvalue weighted by atomic mass is 10.1. The van der Waals surface area contributed by atoms with Gasteiger partial charge in [-0.15, -0.1) is 0 Å². The summed E-state index contributed by atoms with van der Waals surface area (Å²) < 4.78 is 33.5. The third-order valence-electron chi connectivity index (χ3n) is 7.97. The van der Waals surface area contributed by atoms with Crippen LogP contribution in [0.15, 0.2) is 34.7 Å². The van der Waals surface area contributed by atoms with Crippen molar-refractivity contribution in [3.8, 4) is 11.5 Å². The van der Waals surface area contributed by atoms with Crippen molar-refractivity contribution in [2.24, 2.45) is 0 Å². The summed E-state index contributed by atoms with van der Waals surface area (Å²) in [5, 5.41) is 15.4. The minimum absolute atomic E-state index is 0.0452. The zero-order chi connectivity index (χ0) is 43.9. The van der Waals surface area contributed by atoms with Crippen molar-refractivity contribution in [1.82, 2.24) is 20.4 Å². The number of aliphatic carboxylic acids is 1. The van der Waals surface area contributed by atoms with Crippen LogP contribution in [0.1, 0.15) is 92.6 Å². The first kappa shape index (κ1) is 46.3. The number of ether oxygens (including phenoxy) is 5. The van der Waals surface area contributed by atoms with Crippen molar-refractivity contribution in [1.29, 1.82) is 0 Å². The predicted molar refractivity (Wildman–Crippen MR) is 210 cm³/mol. The van der Waals surface area contributed by atoms with E-state index in [1.807, 2.05) is 0 Å². The highest BCUT2D eigenvalue weighted by Gasteiger charge is 2.34. The van der Waals surface area contributed by atoms with Crippen LogP contribution < -0.4 is 20.1 Å². The quantitative estimate of drug-likeness (QED) is 0.0933. The van der Waals surface area contributed by atoms with Crippen LogP contribution in [0.4, 0.5) is 19.2 Å². The summed E-state index contributed by atoms with van der Waals surface area (Å²) in [6.45, 7) is 15.9. The van der Waals surface area contributed by atoms with E-state index in [1.54, 1.807) is 86.6 Å². The molecule has 0 aliphatic heterocycles. The fourth-order valence-corrected chi connectivity index (χ4v) is 5.38. The number of ketones is 1. The molecule has 0 fully saturated rings. The molecule has 0 saturated heterocycles. The Morgan fingerprint density at radius 1 is 0.672 bits per heavy atom. The Balaban J connectivity index is 1.86. The van der Waals surface area contributed by atoms with E-state index < -0.39 is 71.0 Å². The number of fused-ring (bicyclic) bond motifs is 2. The van der Waals surface area contributed by atoms with E-state index in [9.17, 15) is 38.7 Å². The minimum Gasteiger partial charge on any atom is -0.480 e. The first-order chi connectivity index (χ1) is 26.7. The number of amides is 4. The van der Waals surface area contributed by atoms with Gasteiger partial charge in [0.1, 0.15) is 28.9 Å². The molecule has 318 valence electrons. The molecule has 2 unspecified atom stereocenters. The van der Waals surface area contributed by atoms with Gasteiger partial charge in [-0.3, -0.25) is 14.6 Å². The zero-order valence-electron chi connectivity index (χ0n) is 35.0. The number of Topliss-reactive ketones (excluding diaryl/α,β-unsaturated/α-hetero) is 1. The number of carbonyl (C=O) groups excluding carboxylic acids is 6. The third kappa shape index (κ3) is 13.0. The van der Waals surface area contributed by atoms with E-state index in [0.717, 1.165) is 9.80 Å².